The molecule has 1 saturated heterocycles. The number of anilines is 2. The Morgan fingerprint density at radius 2 is 1.90 bits per heavy atom. The van der Waals surface area contributed by atoms with Crippen molar-refractivity contribution in [3.63, 3.8) is 0 Å². The lowest BCUT2D eigenvalue weighted by Crippen LogP contribution is -2.40. The molecule has 0 aliphatic carbocycles. The molecule has 3 rings (SSSR count). The van der Waals surface area contributed by atoms with E-state index in [1.807, 2.05) is 13.0 Å². The number of morpholine rings is 1. The van der Waals surface area contributed by atoms with Gasteiger partial charge in [-0.2, -0.15) is 4.31 Å². The summed E-state index contributed by atoms with van der Waals surface area (Å²) in [5.41, 5.74) is 0.418. The van der Waals surface area contributed by atoms with E-state index in [2.05, 4.69) is 5.32 Å². The highest BCUT2D eigenvalue weighted by molar-refractivity contribution is 7.89. The number of nitro benzene ring substituents is 1. The molecule has 0 unspecified atom stereocenters. The number of nitrogens with one attached hydrogen (secondary N) is 1. The number of nitro groups is 1. The van der Waals surface area contributed by atoms with Crippen molar-refractivity contribution in [2.75, 3.05) is 38.2 Å². The zero-order valence-electron chi connectivity index (χ0n) is 16.0. The maximum atomic E-state index is 12.8. The maximum Gasteiger partial charge on any atom is 0.294 e. The van der Waals surface area contributed by atoms with Crippen molar-refractivity contribution in [2.45, 2.75) is 18.2 Å². The molecule has 0 saturated carbocycles. The van der Waals surface area contributed by atoms with Crippen molar-refractivity contribution < 1.29 is 22.8 Å². The normalized spacial score (nSPS) is 15.1. The number of benzene rings is 2. The van der Waals surface area contributed by atoms with Gasteiger partial charge in [-0.05, 0) is 30.7 Å². The molecule has 0 bridgehead atoms. The van der Waals surface area contributed by atoms with Crippen molar-refractivity contribution >= 4 is 27.1 Å². The molecule has 10 heteroatoms. The van der Waals surface area contributed by atoms with Crippen molar-refractivity contribution in [3.8, 4) is 5.75 Å². The third kappa shape index (κ3) is 4.84. The van der Waals surface area contributed by atoms with Crippen LogP contribution in [0.25, 0.3) is 0 Å². The Bertz CT molecular complexity index is 974. The van der Waals surface area contributed by atoms with Crippen LogP contribution in [0.4, 0.5) is 17.1 Å². The van der Waals surface area contributed by atoms with Gasteiger partial charge in [-0.25, -0.2) is 8.42 Å². The molecule has 2 aromatic rings. The molecule has 0 amide bonds. The number of para-hydroxylation sites is 2. The number of nitrogens with zero attached hydrogens (tertiary/aromatic N) is 2. The van der Waals surface area contributed by atoms with E-state index in [0.717, 1.165) is 12.5 Å². The molecule has 0 atom stereocenters. The Morgan fingerprint density at radius 3 is 2.59 bits per heavy atom. The van der Waals surface area contributed by atoms with Crippen LogP contribution in [0.5, 0.6) is 5.75 Å². The van der Waals surface area contributed by atoms with Gasteiger partial charge in [0.15, 0.2) is 0 Å². The zero-order chi connectivity index (χ0) is 20.9. The van der Waals surface area contributed by atoms with E-state index < -0.39 is 14.9 Å². The second-order valence-corrected chi connectivity index (χ2v) is 8.36. The van der Waals surface area contributed by atoms with Crippen LogP contribution >= 0.6 is 0 Å². The predicted molar refractivity (Wildman–Crippen MR) is 108 cm³/mol. The van der Waals surface area contributed by atoms with Gasteiger partial charge in [-0.15, -0.1) is 0 Å². The average molecular weight is 421 g/mol. The van der Waals surface area contributed by atoms with Gasteiger partial charge < -0.3 is 14.8 Å². The highest BCUT2D eigenvalue weighted by Crippen LogP contribution is 2.34. The first kappa shape index (κ1) is 21.0. The van der Waals surface area contributed by atoms with E-state index in [4.69, 9.17) is 9.47 Å². The van der Waals surface area contributed by atoms with E-state index in [0.29, 0.717) is 31.3 Å². The fourth-order valence-corrected chi connectivity index (χ4v) is 4.35. The summed E-state index contributed by atoms with van der Waals surface area (Å²) in [5, 5.41) is 14.6. The van der Waals surface area contributed by atoms with Crippen LogP contribution in [-0.4, -0.2) is 50.6 Å². The van der Waals surface area contributed by atoms with Crippen LogP contribution < -0.4 is 10.1 Å². The second kappa shape index (κ2) is 9.21. The average Bonchev–Trinajstić information content (AvgIpc) is 2.73. The Kier molecular flexibility index (Phi) is 6.68. The van der Waals surface area contributed by atoms with Gasteiger partial charge in [0.05, 0.1) is 35.3 Å². The van der Waals surface area contributed by atoms with Crippen molar-refractivity contribution in [2.24, 2.45) is 0 Å². The van der Waals surface area contributed by atoms with Gasteiger partial charge in [0.2, 0.25) is 10.0 Å². The molecular weight excluding hydrogens is 398 g/mol. The summed E-state index contributed by atoms with van der Waals surface area (Å²) in [6.45, 7) is 3.54. The fourth-order valence-electron chi connectivity index (χ4n) is 2.92. The number of sulfonamides is 1. The zero-order valence-corrected chi connectivity index (χ0v) is 16.9. The van der Waals surface area contributed by atoms with Gasteiger partial charge in [-0.3, -0.25) is 10.1 Å². The third-order valence-electron chi connectivity index (χ3n) is 4.39. The van der Waals surface area contributed by atoms with Crippen molar-refractivity contribution in [1.82, 2.24) is 4.31 Å². The Morgan fingerprint density at radius 1 is 1.17 bits per heavy atom. The molecule has 1 aliphatic rings. The standard InChI is InChI=1S/C19H23N3O6S/c1-2-11-28-19-6-4-3-5-17(19)20-16-8-7-15(14-18(16)22(23)24)29(25,26)21-9-12-27-13-10-21/h3-8,14,20H,2,9-13H2,1H3. The van der Waals surface area contributed by atoms with Crippen molar-refractivity contribution in [3.05, 3.63) is 52.6 Å². The van der Waals surface area contributed by atoms with E-state index >= 15 is 0 Å². The molecule has 0 aromatic heterocycles. The molecular formula is C19H23N3O6S. The SMILES string of the molecule is CCCOc1ccccc1Nc1ccc(S(=O)(=O)N2CCOCC2)cc1[N+](=O)[O-]. The quantitative estimate of drug-likeness (QED) is 0.515. The Labute approximate surface area is 169 Å². The smallest absolute Gasteiger partial charge is 0.294 e. The highest BCUT2D eigenvalue weighted by atomic mass is 32.2. The largest absolute Gasteiger partial charge is 0.491 e. The van der Waals surface area contributed by atoms with Crippen molar-refractivity contribution in [1.29, 1.82) is 0 Å². The third-order valence-corrected chi connectivity index (χ3v) is 6.29. The highest BCUT2D eigenvalue weighted by Gasteiger charge is 2.29. The lowest BCUT2D eigenvalue weighted by Gasteiger charge is -2.26. The first-order valence-electron chi connectivity index (χ1n) is 9.28. The number of rotatable bonds is 8. The molecule has 29 heavy (non-hydrogen) atoms. The second-order valence-electron chi connectivity index (χ2n) is 6.42. The summed E-state index contributed by atoms with van der Waals surface area (Å²) in [6.07, 6.45) is 0.822. The molecule has 0 radical (unpaired) electrons. The first-order chi connectivity index (χ1) is 13.9. The number of hydrogen-bond acceptors (Lipinski definition) is 7. The minimum absolute atomic E-state index is 0.118. The lowest BCUT2D eigenvalue weighted by atomic mass is 10.2. The van der Waals surface area contributed by atoms with Crippen LogP contribution in [0.3, 0.4) is 0 Å². The minimum Gasteiger partial charge on any atom is -0.491 e. The molecule has 0 spiro atoms. The van der Waals surface area contributed by atoms with Gasteiger partial charge in [0.1, 0.15) is 11.4 Å². The summed E-state index contributed by atoms with van der Waals surface area (Å²) in [5.74, 6) is 0.564. The molecule has 9 nitrogen and oxygen atoms in total. The fraction of sp³-hybridized carbons (Fsp3) is 0.368. The molecule has 1 heterocycles. The summed E-state index contributed by atoms with van der Waals surface area (Å²) < 4.78 is 37.7. The van der Waals surface area contributed by atoms with E-state index in [1.54, 1.807) is 18.2 Å². The van der Waals surface area contributed by atoms with Crippen LogP contribution in [0.1, 0.15) is 13.3 Å². The Balaban J connectivity index is 1.93. The van der Waals surface area contributed by atoms with Crippen LogP contribution in [0, 0.1) is 10.1 Å². The van der Waals surface area contributed by atoms with Crippen LogP contribution in [0.15, 0.2) is 47.4 Å². The molecule has 2 aromatic carbocycles. The summed E-state index contributed by atoms with van der Waals surface area (Å²) in [4.78, 5) is 10.9. The van der Waals surface area contributed by atoms with E-state index in [1.165, 1.54) is 16.4 Å². The predicted octanol–water partition coefficient (Wildman–Crippen LogP) is 3.15. The number of hydrogen-bond donors (Lipinski definition) is 1. The molecule has 1 N–H and O–H groups in total. The molecule has 1 aliphatic heterocycles. The summed E-state index contributed by atoms with van der Waals surface area (Å²) >= 11 is 0. The Hall–Kier alpha value is -2.69. The van der Waals surface area contributed by atoms with Gasteiger partial charge in [0.25, 0.3) is 5.69 Å². The van der Waals surface area contributed by atoms with Crippen LogP contribution in [-0.2, 0) is 14.8 Å². The maximum absolute atomic E-state index is 12.8. The summed E-state index contributed by atoms with van der Waals surface area (Å²) in [6, 6.07) is 11.0. The summed E-state index contributed by atoms with van der Waals surface area (Å²) in [7, 11) is -3.83. The number of ether oxygens (including phenoxy) is 2. The topological polar surface area (TPSA) is 111 Å². The first-order valence-corrected chi connectivity index (χ1v) is 10.7. The van der Waals surface area contributed by atoms with E-state index in [9.17, 15) is 18.5 Å². The minimum atomic E-state index is -3.83. The monoisotopic (exact) mass is 421 g/mol. The molecule has 1 fully saturated rings. The van der Waals surface area contributed by atoms with Crippen LogP contribution in [0.2, 0.25) is 0 Å². The lowest BCUT2D eigenvalue weighted by molar-refractivity contribution is -0.384. The molecule has 156 valence electrons. The van der Waals surface area contributed by atoms with Gasteiger partial charge in [0, 0.05) is 19.2 Å². The van der Waals surface area contributed by atoms with Gasteiger partial charge in [-0.1, -0.05) is 19.1 Å². The van der Waals surface area contributed by atoms with Gasteiger partial charge >= 0.3 is 0 Å². The van der Waals surface area contributed by atoms with E-state index in [-0.39, 0.29) is 29.4 Å².